The highest BCUT2D eigenvalue weighted by molar-refractivity contribution is 6.30. The number of nitrogens with zero attached hydrogens (tertiary/aromatic N) is 6. The average Bonchev–Trinajstić information content (AvgIpc) is 3.16. The lowest BCUT2D eigenvalue weighted by molar-refractivity contribution is 0.351. The highest BCUT2D eigenvalue weighted by atomic mass is 35.5. The minimum absolute atomic E-state index is 0.290. The van der Waals surface area contributed by atoms with Crippen LogP contribution in [0.4, 0.5) is 10.1 Å². The summed E-state index contributed by atoms with van der Waals surface area (Å²) in [6, 6.07) is 14.0. The van der Waals surface area contributed by atoms with Crippen molar-refractivity contribution >= 4 is 23.4 Å². The van der Waals surface area contributed by atoms with Crippen molar-refractivity contribution in [2.45, 2.75) is 0 Å². The van der Waals surface area contributed by atoms with Gasteiger partial charge in [0, 0.05) is 49.2 Å². The Labute approximate surface area is 161 Å². The first-order valence-electron chi connectivity index (χ1n) is 8.66. The molecule has 0 saturated carbocycles. The fourth-order valence-electron chi connectivity index (χ4n) is 3.04. The van der Waals surface area contributed by atoms with Gasteiger partial charge in [0.25, 0.3) is 0 Å². The van der Waals surface area contributed by atoms with Crippen LogP contribution in [0.25, 0.3) is 11.8 Å². The van der Waals surface area contributed by atoms with Gasteiger partial charge in [-0.25, -0.2) is 4.39 Å². The van der Waals surface area contributed by atoms with E-state index in [2.05, 4.69) is 31.4 Å². The molecule has 0 amide bonds. The van der Waals surface area contributed by atoms with Crippen molar-refractivity contribution in [2.75, 3.05) is 31.1 Å². The first-order valence-corrected chi connectivity index (χ1v) is 9.04. The van der Waals surface area contributed by atoms with Crippen molar-refractivity contribution in [1.82, 2.24) is 25.1 Å². The summed E-state index contributed by atoms with van der Waals surface area (Å²) < 4.78 is 14.7. The molecule has 1 aromatic heterocycles. The summed E-state index contributed by atoms with van der Waals surface area (Å²) in [5.74, 6) is 0.306. The van der Waals surface area contributed by atoms with Gasteiger partial charge in [0.15, 0.2) is 5.82 Å². The Morgan fingerprint density at radius 3 is 2.48 bits per heavy atom. The molecule has 4 rings (SSSR count). The summed E-state index contributed by atoms with van der Waals surface area (Å²) in [5, 5.41) is 12.5. The molecular formula is C19H18ClFN6. The Morgan fingerprint density at radius 2 is 1.74 bits per heavy atom. The van der Waals surface area contributed by atoms with Crippen molar-refractivity contribution in [3.63, 3.8) is 0 Å². The second-order valence-electron chi connectivity index (χ2n) is 6.24. The normalized spacial score (nSPS) is 14.9. The van der Waals surface area contributed by atoms with Crippen LogP contribution in [-0.2, 0) is 0 Å². The molecule has 138 valence electrons. The molecule has 1 fully saturated rings. The number of rotatable bonds is 4. The van der Waals surface area contributed by atoms with Gasteiger partial charge in [0.2, 0.25) is 0 Å². The zero-order valence-corrected chi connectivity index (χ0v) is 15.3. The fraction of sp³-hybridized carbons (Fsp3) is 0.211. The lowest BCUT2D eigenvalue weighted by Gasteiger charge is -2.35. The monoisotopic (exact) mass is 384 g/mol. The van der Waals surface area contributed by atoms with Crippen LogP contribution in [0.5, 0.6) is 0 Å². The molecule has 0 atom stereocenters. The van der Waals surface area contributed by atoms with Crippen molar-refractivity contribution in [3.8, 4) is 5.69 Å². The Hall–Kier alpha value is -2.93. The van der Waals surface area contributed by atoms with E-state index in [0.717, 1.165) is 36.9 Å². The van der Waals surface area contributed by atoms with Gasteiger partial charge in [-0.1, -0.05) is 17.7 Å². The van der Waals surface area contributed by atoms with Crippen LogP contribution >= 0.6 is 11.6 Å². The van der Waals surface area contributed by atoms with E-state index >= 15 is 0 Å². The number of hydrogen-bond donors (Lipinski definition) is 0. The minimum atomic E-state index is -0.290. The van der Waals surface area contributed by atoms with E-state index in [-0.39, 0.29) is 5.82 Å². The zero-order chi connectivity index (χ0) is 18.6. The number of aromatic nitrogens is 4. The van der Waals surface area contributed by atoms with E-state index in [1.807, 2.05) is 30.5 Å². The maximum Gasteiger partial charge on any atom is 0.181 e. The number of tetrazole rings is 1. The number of piperazine rings is 1. The molecule has 6 nitrogen and oxygen atoms in total. The first kappa shape index (κ1) is 17.5. The lowest BCUT2D eigenvalue weighted by Crippen LogP contribution is -2.44. The quantitative estimate of drug-likeness (QED) is 0.691. The van der Waals surface area contributed by atoms with Crippen LogP contribution in [-0.4, -0.2) is 51.3 Å². The van der Waals surface area contributed by atoms with Crippen molar-refractivity contribution in [3.05, 3.63) is 71.4 Å². The minimum Gasteiger partial charge on any atom is -0.374 e. The second-order valence-corrected chi connectivity index (χ2v) is 6.68. The molecule has 0 bridgehead atoms. The smallest absolute Gasteiger partial charge is 0.181 e. The Bertz CT molecular complexity index is 931. The third-order valence-electron chi connectivity index (χ3n) is 4.49. The topological polar surface area (TPSA) is 50.1 Å². The molecule has 27 heavy (non-hydrogen) atoms. The highest BCUT2D eigenvalue weighted by Crippen LogP contribution is 2.21. The van der Waals surface area contributed by atoms with E-state index in [1.165, 1.54) is 12.1 Å². The maximum atomic E-state index is 13.1. The molecule has 8 heteroatoms. The number of hydrogen-bond acceptors (Lipinski definition) is 5. The van der Waals surface area contributed by atoms with Crippen molar-refractivity contribution in [2.24, 2.45) is 0 Å². The van der Waals surface area contributed by atoms with E-state index in [1.54, 1.807) is 16.8 Å². The SMILES string of the molecule is Fc1ccc(-n2nnnc2C=CN2CCN(c3cccc(Cl)c3)CC2)cc1. The van der Waals surface area contributed by atoms with Crippen LogP contribution in [0.15, 0.2) is 54.7 Å². The Morgan fingerprint density at radius 1 is 0.963 bits per heavy atom. The number of benzene rings is 2. The highest BCUT2D eigenvalue weighted by Gasteiger charge is 2.15. The number of halogens is 2. The molecule has 1 saturated heterocycles. The van der Waals surface area contributed by atoms with Gasteiger partial charge in [0.1, 0.15) is 5.82 Å². The molecule has 0 radical (unpaired) electrons. The summed E-state index contributed by atoms with van der Waals surface area (Å²) >= 11 is 6.08. The molecule has 0 unspecified atom stereocenters. The Balaban J connectivity index is 1.40. The van der Waals surface area contributed by atoms with Gasteiger partial charge in [-0.05, 0) is 52.9 Å². The second kappa shape index (κ2) is 7.75. The van der Waals surface area contributed by atoms with Crippen LogP contribution in [0, 0.1) is 5.82 Å². The summed E-state index contributed by atoms with van der Waals surface area (Å²) in [4.78, 5) is 4.55. The predicted molar refractivity (Wildman–Crippen MR) is 103 cm³/mol. The average molecular weight is 385 g/mol. The number of anilines is 1. The summed E-state index contributed by atoms with van der Waals surface area (Å²) in [7, 11) is 0. The largest absolute Gasteiger partial charge is 0.374 e. The summed E-state index contributed by atoms with van der Waals surface area (Å²) in [5.41, 5.74) is 1.86. The molecule has 3 aromatic rings. The first-order chi connectivity index (χ1) is 13.2. The third kappa shape index (κ3) is 4.09. The summed E-state index contributed by atoms with van der Waals surface area (Å²) in [6.45, 7) is 3.60. The van der Waals surface area contributed by atoms with Gasteiger partial charge in [-0.3, -0.25) is 0 Å². The maximum absolute atomic E-state index is 13.1. The van der Waals surface area contributed by atoms with E-state index in [4.69, 9.17) is 11.6 Å². The molecule has 2 heterocycles. The van der Waals surface area contributed by atoms with Gasteiger partial charge in [-0.2, -0.15) is 4.68 Å². The zero-order valence-electron chi connectivity index (χ0n) is 14.5. The standard InChI is InChI=1S/C19H18ClFN6/c20-15-2-1-3-18(14-15)26-12-10-25(11-13-26)9-8-19-22-23-24-27(19)17-6-4-16(21)5-7-17/h1-9,14H,10-13H2. The van der Waals surface area contributed by atoms with Crippen molar-refractivity contribution < 1.29 is 4.39 Å². The molecule has 1 aliphatic rings. The third-order valence-corrected chi connectivity index (χ3v) is 4.72. The Kier molecular flexibility index (Phi) is 5.02. The molecule has 1 aliphatic heterocycles. The van der Waals surface area contributed by atoms with Crippen LogP contribution in [0.3, 0.4) is 0 Å². The van der Waals surface area contributed by atoms with Gasteiger partial charge < -0.3 is 9.80 Å². The van der Waals surface area contributed by atoms with Crippen LogP contribution in [0.1, 0.15) is 5.82 Å². The molecule has 0 aliphatic carbocycles. The molecule has 2 aromatic carbocycles. The summed E-state index contributed by atoms with van der Waals surface area (Å²) in [6.07, 6.45) is 3.87. The van der Waals surface area contributed by atoms with Gasteiger partial charge in [0.05, 0.1) is 5.69 Å². The van der Waals surface area contributed by atoms with Gasteiger partial charge in [-0.15, -0.1) is 5.10 Å². The molecular weight excluding hydrogens is 367 g/mol. The van der Waals surface area contributed by atoms with E-state index < -0.39 is 0 Å². The molecule has 0 spiro atoms. The van der Waals surface area contributed by atoms with E-state index in [9.17, 15) is 4.39 Å². The molecule has 0 N–H and O–H groups in total. The van der Waals surface area contributed by atoms with Crippen LogP contribution < -0.4 is 4.90 Å². The van der Waals surface area contributed by atoms with E-state index in [0.29, 0.717) is 11.5 Å². The predicted octanol–water partition coefficient (Wildman–Crippen LogP) is 3.25. The van der Waals surface area contributed by atoms with Gasteiger partial charge >= 0.3 is 0 Å². The van der Waals surface area contributed by atoms with Crippen LogP contribution in [0.2, 0.25) is 5.02 Å². The van der Waals surface area contributed by atoms with Crippen molar-refractivity contribution in [1.29, 1.82) is 0 Å². The fourth-order valence-corrected chi connectivity index (χ4v) is 3.22. The lowest BCUT2D eigenvalue weighted by atomic mass is 10.2.